The number of rotatable bonds is 2. The monoisotopic (exact) mass is 374 g/mol. The lowest BCUT2D eigenvalue weighted by Gasteiger charge is -2.59. The van der Waals surface area contributed by atoms with Crippen LogP contribution in [0.1, 0.15) is 58.8 Å². The van der Waals surface area contributed by atoms with Gasteiger partial charge in [0.2, 0.25) is 0 Å². The molecule has 0 aromatic heterocycles. The fourth-order valence-electron chi connectivity index (χ4n) is 7.33. The van der Waals surface area contributed by atoms with Crippen LogP contribution in [0.25, 0.3) is 0 Å². The second kappa shape index (κ2) is 5.11. The van der Waals surface area contributed by atoms with E-state index < -0.39 is 22.8 Å². The lowest BCUT2D eigenvalue weighted by Crippen LogP contribution is -2.65. The van der Waals surface area contributed by atoms with Gasteiger partial charge in [0.1, 0.15) is 5.60 Å². The summed E-state index contributed by atoms with van der Waals surface area (Å²) in [5, 5.41) is 11.1. The topological polar surface area (TPSA) is 63.6 Å². The number of hydrogen-bond acceptors (Lipinski definition) is 4. The Labute approximate surface area is 158 Å². The number of allylic oxidation sites excluding steroid dienone is 4. The molecule has 5 aliphatic carbocycles. The van der Waals surface area contributed by atoms with E-state index in [9.17, 15) is 14.7 Å². The normalized spacial score (nSPS) is 52.2. The van der Waals surface area contributed by atoms with Crippen molar-refractivity contribution >= 4 is 11.8 Å². The molecule has 146 valence electrons. The van der Waals surface area contributed by atoms with Gasteiger partial charge in [-0.3, -0.25) is 9.59 Å². The highest BCUT2D eigenvalue weighted by molar-refractivity contribution is 6.01. The van der Waals surface area contributed by atoms with Gasteiger partial charge in [-0.05, 0) is 63.5 Å². The largest absolute Gasteiger partial charge is 0.458 e. The highest BCUT2D eigenvalue weighted by Gasteiger charge is 2.83. The summed E-state index contributed by atoms with van der Waals surface area (Å²) in [7, 11) is 0. The summed E-state index contributed by atoms with van der Waals surface area (Å²) in [6.45, 7) is 3.62. The third-order valence-electron chi connectivity index (χ3n) is 8.70. The zero-order chi connectivity index (χ0) is 19.2. The molecule has 7 atom stereocenters. The zero-order valence-electron chi connectivity index (χ0n) is 16.0. The van der Waals surface area contributed by atoms with Crippen molar-refractivity contribution in [3.63, 3.8) is 0 Å². The molecule has 0 saturated heterocycles. The lowest BCUT2D eigenvalue weighted by molar-refractivity contribution is -0.185. The second-order valence-corrected chi connectivity index (χ2v) is 9.54. The molecule has 5 unspecified atom stereocenters. The number of carbonyl (C=O) groups excluding carboxylic acids is 2. The van der Waals surface area contributed by atoms with E-state index in [0.717, 1.165) is 24.8 Å². The Hall–Kier alpha value is -1.49. The lowest BCUT2D eigenvalue weighted by atomic mass is 9.47. The van der Waals surface area contributed by atoms with Crippen LogP contribution in [-0.4, -0.2) is 34.2 Å². The van der Waals surface area contributed by atoms with Crippen LogP contribution in [0.5, 0.6) is 0 Å². The average molecular weight is 374 g/mol. The number of fused-ring (bicyclic) bond motifs is 4. The van der Waals surface area contributed by atoms with Crippen molar-refractivity contribution in [2.24, 2.45) is 22.7 Å². The number of halogens is 1. The predicted molar refractivity (Wildman–Crippen MR) is 96.4 cm³/mol. The molecule has 0 bridgehead atoms. The Morgan fingerprint density at radius 3 is 2.89 bits per heavy atom. The Bertz CT molecular complexity index is 802. The molecule has 27 heavy (non-hydrogen) atoms. The summed E-state index contributed by atoms with van der Waals surface area (Å²) < 4.78 is 22.6. The summed E-state index contributed by atoms with van der Waals surface area (Å²) in [6.07, 6.45) is 7.96. The van der Waals surface area contributed by atoms with E-state index in [4.69, 9.17) is 4.74 Å². The molecule has 0 radical (unpaired) electrons. The SMILES string of the molecule is CCC(=O)O[C@]12CCC3C4CCC5=CC(=O)C=CC5(C)[C@@]4(F)C(O)CC31C2. The minimum absolute atomic E-state index is 0.0974. The van der Waals surface area contributed by atoms with E-state index in [1.807, 2.05) is 6.92 Å². The number of hydrogen-bond donors (Lipinski definition) is 1. The molecule has 0 amide bonds. The number of ether oxygens (including phenoxy) is 1. The average Bonchev–Trinajstić information content (AvgIpc) is 3.13. The standard InChI is InChI=1S/C22H27FO4/c1-3-18(26)27-21-9-7-15-16-5-4-13-10-14(24)6-8-19(13,2)22(16,23)17(25)11-20(15,21)12-21/h6,8,10,15-17,25H,3-5,7,9,11-12H2,1-2H3/t15?,16?,17?,19?,20?,21-,22-/m0/s1. The van der Waals surface area contributed by atoms with E-state index in [-0.39, 0.29) is 29.0 Å². The highest BCUT2D eigenvalue weighted by Crippen LogP contribution is 2.80. The number of aliphatic hydroxyl groups is 1. The minimum Gasteiger partial charge on any atom is -0.458 e. The maximum absolute atomic E-state index is 16.8. The molecular weight excluding hydrogens is 347 g/mol. The van der Waals surface area contributed by atoms with Crippen molar-refractivity contribution in [2.45, 2.75) is 76.2 Å². The zero-order valence-corrected chi connectivity index (χ0v) is 16.0. The van der Waals surface area contributed by atoms with Gasteiger partial charge < -0.3 is 9.84 Å². The van der Waals surface area contributed by atoms with Crippen LogP contribution < -0.4 is 0 Å². The minimum atomic E-state index is -1.78. The van der Waals surface area contributed by atoms with Crippen LogP contribution >= 0.6 is 0 Å². The maximum atomic E-state index is 16.8. The summed E-state index contributed by atoms with van der Waals surface area (Å²) in [4.78, 5) is 23.8. The van der Waals surface area contributed by atoms with E-state index >= 15 is 4.39 Å². The molecule has 0 aromatic rings. The van der Waals surface area contributed by atoms with Gasteiger partial charge in [0.15, 0.2) is 11.5 Å². The Balaban J connectivity index is 1.53. The summed E-state index contributed by atoms with van der Waals surface area (Å²) in [6, 6.07) is 0. The molecule has 0 aliphatic heterocycles. The van der Waals surface area contributed by atoms with Gasteiger partial charge in [-0.1, -0.05) is 18.6 Å². The van der Waals surface area contributed by atoms with Crippen LogP contribution in [0.2, 0.25) is 0 Å². The first-order valence-corrected chi connectivity index (χ1v) is 10.3. The molecule has 4 fully saturated rings. The molecule has 5 rings (SSSR count). The molecule has 4 nitrogen and oxygen atoms in total. The fourth-order valence-corrected chi connectivity index (χ4v) is 7.33. The number of aliphatic hydroxyl groups excluding tert-OH is 1. The number of esters is 1. The molecule has 5 heteroatoms. The molecule has 1 N–H and O–H groups in total. The van der Waals surface area contributed by atoms with Crippen molar-refractivity contribution < 1.29 is 23.8 Å². The molecular formula is C22H27FO4. The van der Waals surface area contributed by atoms with Gasteiger partial charge in [0.05, 0.1) is 6.10 Å². The first kappa shape index (κ1) is 17.6. The third-order valence-corrected chi connectivity index (χ3v) is 8.70. The first-order valence-electron chi connectivity index (χ1n) is 10.3. The molecule has 5 aliphatic rings. The quantitative estimate of drug-likeness (QED) is 0.752. The Kier molecular flexibility index (Phi) is 3.33. The first-order chi connectivity index (χ1) is 12.7. The van der Waals surface area contributed by atoms with E-state index in [1.165, 1.54) is 6.08 Å². The molecule has 0 heterocycles. The maximum Gasteiger partial charge on any atom is 0.306 e. The summed E-state index contributed by atoms with van der Waals surface area (Å²) in [5.74, 6) is -0.445. The predicted octanol–water partition coefficient (Wildman–Crippen LogP) is 3.43. The van der Waals surface area contributed by atoms with Crippen molar-refractivity contribution in [1.29, 1.82) is 0 Å². The third kappa shape index (κ3) is 1.87. The van der Waals surface area contributed by atoms with Crippen LogP contribution in [0.15, 0.2) is 23.8 Å². The Morgan fingerprint density at radius 2 is 2.15 bits per heavy atom. The van der Waals surface area contributed by atoms with Crippen molar-refractivity contribution in [2.75, 3.05) is 0 Å². The van der Waals surface area contributed by atoms with Crippen LogP contribution in [-0.2, 0) is 14.3 Å². The number of ketones is 1. The van der Waals surface area contributed by atoms with Gasteiger partial charge in [0.25, 0.3) is 0 Å². The summed E-state index contributed by atoms with van der Waals surface area (Å²) >= 11 is 0. The van der Waals surface area contributed by atoms with Crippen molar-refractivity contribution in [3.8, 4) is 0 Å². The van der Waals surface area contributed by atoms with Crippen LogP contribution in [0.4, 0.5) is 4.39 Å². The van der Waals surface area contributed by atoms with E-state index in [2.05, 4.69) is 0 Å². The van der Waals surface area contributed by atoms with E-state index in [0.29, 0.717) is 25.7 Å². The Morgan fingerprint density at radius 1 is 1.37 bits per heavy atom. The van der Waals surface area contributed by atoms with Gasteiger partial charge >= 0.3 is 5.97 Å². The van der Waals surface area contributed by atoms with Crippen molar-refractivity contribution in [1.82, 2.24) is 0 Å². The second-order valence-electron chi connectivity index (χ2n) is 9.54. The summed E-state index contributed by atoms with van der Waals surface area (Å²) in [5.41, 5.74) is -2.66. The molecule has 0 aromatic carbocycles. The smallest absolute Gasteiger partial charge is 0.306 e. The van der Waals surface area contributed by atoms with Gasteiger partial charge in [-0.2, -0.15) is 0 Å². The molecule has 1 spiro atoms. The highest BCUT2D eigenvalue weighted by atomic mass is 19.1. The number of alkyl halides is 1. The van der Waals surface area contributed by atoms with Crippen molar-refractivity contribution in [3.05, 3.63) is 23.8 Å². The van der Waals surface area contributed by atoms with Gasteiger partial charge in [-0.15, -0.1) is 0 Å². The fraction of sp³-hybridized carbons (Fsp3) is 0.727. The number of carbonyl (C=O) groups is 2. The molecule has 4 saturated carbocycles. The van der Waals surface area contributed by atoms with Gasteiger partial charge in [0, 0.05) is 23.2 Å². The van der Waals surface area contributed by atoms with Gasteiger partial charge in [-0.25, -0.2) is 4.39 Å². The van der Waals surface area contributed by atoms with E-state index in [1.54, 1.807) is 19.1 Å². The van der Waals surface area contributed by atoms with Crippen LogP contribution in [0, 0.1) is 22.7 Å². The van der Waals surface area contributed by atoms with Crippen LogP contribution in [0.3, 0.4) is 0 Å².